The summed E-state index contributed by atoms with van der Waals surface area (Å²) in [4.78, 5) is 2.18. The zero-order valence-corrected chi connectivity index (χ0v) is 13.8. The highest BCUT2D eigenvalue weighted by atomic mass is 32.2. The number of aryl methyl sites for hydroxylation is 1. The van der Waals surface area contributed by atoms with Crippen molar-refractivity contribution in [2.45, 2.75) is 18.4 Å². The van der Waals surface area contributed by atoms with Crippen LogP contribution in [0.4, 0.5) is 11.4 Å². The van der Waals surface area contributed by atoms with Gasteiger partial charge in [0.05, 0.1) is 4.90 Å². The van der Waals surface area contributed by atoms with Crippen LogP contribution in [0.1, 0.15) is 11.1 Å². The van der Waals surface area contributed by atoms with Gasteiger partial charge in [0.15, 0.2) is 0 Å². The van der Waals surface area contributed by atoms with Gasteiger partial charge < -0.3 is 10.6 Å². The molecule has 0 fully saturated rings. The molecule has 2 aromatic carbocycles. The second kappa shape index (κ2) is 6.37. The summed E-state index contributed by atoms with van der Waals surface area (Å²) in [6.07, 6.45) is 0. The summed E-state index contributed by atoms with van der Waals surface area (Å²) in [5, 5.41) is 0. The Morgan fingerprint density at radius 3 is 2.32 bits per heavy atom. The number of nitrogen functional groups attached to an aromatic ring is 1. The maximum atomic E-state index is 12.3. The Bertz CT molecular complexity index is 753. The Labute approximate surface area is 131 Å². The molecule has 0 saturated carbocycles. The number of anilines is 2. The summed E-state index contributed by atoms with van der Waals surface area (Å²) in [5.41, 5.74) is 9.17. The maximum Gasteiger partial charge on any atom is 0.240 e. The molecule has 2 aromatic rings. The maximum absolute atomic E-state index is 12.3. The summed E-state index contributed by atoms with van der Waals surface area (Å²) >= 11 is 0. The molecule has 0 radical (unpaired) electrons. The fraction of sp³-hybridized carbons (Fsp3) is 0.250. The van der Waals surface area contributed by atoms with Crippen molar-refractivity contribution in [3.05, 3.63) is 53.6 Å². The van der Waals surface area contributed by atoms with Gasteiger partial charge >= 0.3 is 0 Å². The summed E-state index contributed by atoms with van der Waals surface area (Å²) in [6, 6.07) is 12.1. The van der Waals surface area contributed by atoms with Crippen molar-refractivity contribution < 1.29 is 8.42 Å². The van der Waals surface area contributed by atoms with Gasteiger partial charge in [-0.1, -0.05) is 12.1 Å². The fourth-order valence-electron chi connectivity index (χ4n) is 2.14. The van der Waals surface area contributed by atoms with E-state index in [1.165, 1.54) is 12.1 Å². The topological polar surface area (TPSA) is 75.4 Å². The van der Waals surface area contributed by atoms with Crippen LogP contribution in [0, 0.1) is 6.92 Å². The molecule has 0 amide bonds. The molecule has 118 valence electrons. The average molecular weight is 319 g/mol. The number of rotatable bonds is 5. The monoisotopic (exact) mass is 319 g/mol. The van der Waals surface area contributed by atoms with Gasteiger partial charge in [-0.3, -0.25) is 0 Å². The molecule has 3 N–H and O–H groups in total. The Morgan fingerprint density at radius 1 is 1.09 bits per heavy atom. The van der Waals surface area contributed by atoms with Crippen molar-refractivity contribution in [2.75, 3.05) is 24.7 Å². The molecule has 2 rings (SSSR count). The first-order chi connectivity index (χ1) is 10.3. The molecule has 0 unspecified atom stereocenters. The van der Waals surface area contributed by atoms with E-state index in [-0.39, 0.29) is 11.4 Å². The number of nitrogens with two attached hydrogens (primary N) is 1. The second-order valence-electron chi connectivity index (χ2n) is 5.42. The van der Waals surface area contributed by atoms with Crippen LogP contribution in [0.3, 0.4) is 0 Å². The normalized spacial score (nSPS) is 11.4. The quantitative estimate of drug-likeness (QED) is 0.828. The molecular formula is C16H21N3O2S. The molecule has 0 atom stereocenters. The first-order valence-corrected chi connectivity index (χ1v) is 8.40. The number of benzene rings is 2. The third-order valence-electron chi connectivity index (χ3n) is 3.37. The van der Waals surface area contributed by atoms with Crippen LogP contribution < -0.4 is 15.4 Å². The number of sulfonamides is 1. The first kappa shape index (κ1) is 16.3. The van der Waals surface area contributed by atoms with E-state index in [1.807, 2.05) is 44.1 Å². The van der Waals surface area contributed by atoms with E-state index in [0.717, 1.165) is 16.8 Å². The van der Waals surface area contributed by atoms with E-state index >= 15 is 0 Å². The smallest absolute Gasteiger partial charge is 0.240 e. The molecule has 6 heteroatoms. The van der Waals surface area contributed by atoms with Crippen molar-refractivity contribution in [1.29, 1.82) is 0 Å². The highest BCUT2D eigenvalue weighted by Gasteiger charge is 2.14. The molecule has 0 spiro atoms. The van der Waals surface area contributed by atoms with Gasteiger partial charge in [0, 0.05) is 32.0 Å². The molecule has 0 bridgehead atoms. The van der Waals surface area contributed by atoms with E-state index < -0.39 is 10.0 Å². The Balaban J connectivity index is 2.21. The summed E-state index contributed by atoms with van der Waals surface area (Å²) < 4.78 is 27.2. The van der Waals surface area contributed by atoms with Gasteiger partial charge in [0.1, 0.15) is 0 Å². The minimum Gasteiger partial charge on any atom is -0.399 e. The van der Waals surface area contributed by atoms with Crippen molar-refractivity contribution in [3.8, 4) is 0 Å². The van der Waals surface area contributed by atoms with Gasteiger partial charge in [0.2, 0.25) is 10.0 Å². The number of nitrogens with zero attached hydrogens (tertiary/aromatic N) is 1. The summed E-state index contributed by atoms with van der Waals surface area (Å²) in [7, 11) is 0.323. The Hall–Kier alpha value is -2.05. The summed E-state index contributed by atoms with van der Waals surface area (Å²) in [5.74, 6) is 0. The molecule has 0 aromatic heterocycles. The van der Waals surface area contributed by atoms with Crippen molar-refractivity contribution in [1.82, 2.24) is 4.72 Å². The molecular weight excluding hydrogens is 298 g/mol. The molecule has 0 heterocycles. The van der Waals surface area contributed by atoms with E-state index in [2.05, 4.69) is 4.72 Å². The standard InChI is InChI=1S/C16H21N3O2S/c1-12-4-5-13(16(10-12)19(2)3)11-18-22(20,21)15-8-6-14(17)7-9-15/h4-10,18H,11,17H2,1-3H3. The fourth-order valence-corrected chi connectivity index (χ4v) is 3.15. The first-order valence-electron chi connectivity index (χ1n) is 6.91. The highest BCUT2D eigenvalue weighted by molar-refractivity contribution is 7.89. The van der Waals surface area contributed by atoms with Crippen molar-refractivity contribution >= 4 is 21.4 Å². The minimum absolute atomic E-state index is 0.209. The zero-order chi connectivity index (χ0) is 16.3. The molecule has 0 aliphatic heterocycles. The van der Waals surface area contributed by atoms with Crippen LogP contribution in [0.15, 0.2) is 47.4 Å². The molecule has 0 saturated heterocycles. The minimum atomic E-state index is -3.55. The van der Waals surface area contributed by atoms with Crippen LogP contribution in [0.25, 0.3) is 0 Å². The third-order valence-corrected chi connectivity index (χ3v) is 4.78. The van der Waals surface area contributed by atoms with Crippen LogP contribution in [0.2, 0.25) is 0 Å². The lowest BCUT2D eigenvalue weighted by Gasteiger charge is -2.18. The summed E-state index contributed by atoms with van der Waals surface area (Å²) in [6.45, 7) is 2.25. The predicted octanol–water partition coefficient (Wildman–Crippen LogP) is 2.12. The van der Waals surface area contributed by atoms with Crippen LogP contribution in [-0.4, -0.2) is 22.5 Å². The predicted molar refractivity (Wildman–Crippen MR) is 90.4 cm³/mol. The SMILES string of the molecule is Cc1ccc(CNS(=O)(=O)c2ccc(N)cc2)c(N(C)C)c1. The number of hydrogen-bond acceptors (Lipinski definition) is 4. The largest absolute Gasteiger partial charge is 0.399 e. The van der Waals surface area contributed by atoms with Gasteiger partial charge in [-0.05, 0) is 48.4 Å². The van der Waals surface area contributed by atoms with Crippen LogP contribution in [0.5, 0.6) is 0 Å². The van der Waals surface area contributed by atoms with E-state index in [9.17, 15) is 8.42 Å². The lowest BCUT2D eigenvalue weighted by Crippen LogP contribution is -2.24. The van der Waals surface area contributed by atoms with Crippen LogP contribution in [-0.2, 0) is 16.6 Å². The van der Waals surface area contributed by atoms with Crippen molar-refractivity contribution in [2.24, 2.45) is 0 Å². The van der Waals surface area contributed by atoms with Crippen molar-refractivity contribution in [3.63, 3.8) is 0 Å². The number of nitrogens with one attached hydrogen (secondary N) is 1. The van der Waals surface area contributed by atoms with Crippen LogP contribution >= 0.6 is 0 Å². The Morgan fingerprint density at radius 2 is 1.73 bits per heavy atom. The zero-order valence-electron chi connectivity index (χ0n) is 13.0. The second-order valence-corrected chi connectivity index (χ2v) is 7.19. The Kier molecular flexibility index (Phi) is 4.73. The lowest BCUT2D eigenvalue weighted by molar-refractivity contribution is 0.581. The number of hydrogen-bond donors (Lipinski definition) is 2. The van der Waals surface area contributed by atoms with Gasteiger partial charge in [-0.2, -0.15) is 0 Å². The molecule has 0 aliphatic carbocycles. The van der Waals surface area contributed by atoms with Gasteiger partial charge in [-0.15, -0.1) is 0 Å². The van der Waals surface area contributed by atoms with Gasteiger partial charge in [0.25, 0.3) is 0 Å². The molecule has 5 nitrogen and oxygen atoms in total. The highest BCUT2D eigenvalue weighted by Crippen LogP contribution is 2.21. The van der Waals surface area contributed by atoms with E-state index in [4.69, 9.17) is 5.73 Å². The van der Waals surface area contributed by atoms with E-state index in [1.54, 1.807) is 12.1 Å². The average Bonchev–Trinajstić information content (AvgIpc) is 2.46. The molecule has 0 aliphatic rings. The van der Waals surface area contributed by atoms with E-state index in [0.29, 0.717) is 5.69 Å². The lowest BCUT2D eigenvalue weighted by atomic mass is 10.1. The third kappa shape index (κ3) is 3.78. The van der Waals surface area contributed by atoms with Gasteiger partial charge in [-0.25, -0.2) is 13.1 Å². The molecule has 22 heavy (non-hydrogen) atoms.